The van der Waals surface area contributed by atoms with E-state index < -0.39 is 5.82 Å². The summed E-state index contributed by atoms with van der Waals surface area (Å²) >= 11 is 0. The highest BCUT2D eigenvalue weighted by Gasteiger charge is 2.03. The van der Waals surface area contributed by atoms with Crippen LogP contribution in [-0.4, -0.2) is 17.2 Å². The van der Waals surface area contributed by atoms with Crippen molar-refractivity contribution in [2.75, 3.05) is 7.11 Å². The van der Waals surface area contributed by atoms with Gasteiger partial charge in [0.2, 0.25) is 5.88 Å². The molecule has 0 atom stereocenters. The number of hydrogen-bond acceptors (Lipinski definition) is 4. The van der Waals surface area contributed by atoms with Crippen molar-refractivity contribution in [3.8, 4) is 11.6 Å². The van der Waals surface area contributed by atoms with E-state index in [0.29, 0.717) is 22.9 Å². The fourth-order valence-corrected chi connectivity index (χ4v) is 1.60. The third-order valence-corrected chi connectivity index (χ3v) is 2.49. The Labute approximate surface area is 110 Å². The molecule has 100 valence electrons. The standard InChI is InChI=1S/C14H14FNO3/c1-18-14-4-2-3-12(16-14)9-19-13-6-10(8-17)5-11(15)7-13/h2-7,17H,8-9H2,1H3. The van der Waals surface area contributed by atoms with Gasteiger partial charge in [0.1, 0.15) is 18.2 Å². The molecule has 0 aliphatic rings. The molecule has 2 aromatic rings. The minimum atomic E-state index is -0.444. The van der Waals surface area contributed by atoms with Gasteiger partial charge in [-0.15, -0.1) is 0 Å². The van der Waals surface area contributed by atoms with Crippen molar-refractivity contribution in [2.45, 2.75) is 13.2 Å². The molecule has 0 aliphatic heterocycles. The van der Waals surface area contributed by atoms with Gasteiger partial charge in [-0.25, -0.2) is 9.37 Å². The minimum Gasteiger partial charge on any atom is -0.487 e. The maximum atomic E-state index is 13.2. The first-order chi connectivity index (χ1) is 9.21. The number of aliphatic hydroxyl groups excluding tert-OH is 1. The molecule has 1 N–H and O–H groups in total. The van der Waals surface area contributed by atoms with Gasteiger partial charge in [-0.2, -0.15) is 0 Å². The lowest BCUT2D eigenvalue weighted by atomic mass is 10.2. The quantitative estimate of drug-likeness (QED) is 0.899. The summed E-state index contributed by atoms with van der Waals surface area (Å²) in [7, 11) is 1.53. The molecular formula is C14H14FNO3. The van der Waals surface area contributed by atoms with Crippen LogP contribution in [0, 0.1) is 5.82 Å². The predicted molar refractivity (Wildman–Crippen MR) is 67.4 cm³/mol. The van der Waals surface area contributed by atoms with E-state index in [-0.39, 0.29) is 13.2 Å². The van der Waals surface area contributed by atoms with Gasteiger partial charge >= 0.3 is 0 Å². The molecule has 1 aromatic heterocycles. The largest absolute Gasteiger partial charge is 0.487 e. The summed E-state index contributed by atoms with van der Waals surface area (Å²) in [6, 6.07) is 9.43. The van der Waals surface area contributed by atoms with Gasteiger partial charge in [-0.3, -0.25) is 0 Å². The lowest BCUT2D eigenvalue weighted by Crippen LogP contribution is -2.00. The summed E-state index contributed by atoms with van der Waals surface area (Å²) in [6.45, 7) is -0.0307. The highest BCUT2D eigenvalue weighted by molar-refractivity contribution is 5.29. The Morgan fingerprint density at radius 2 is 2.11 bits per heavy atom. The van der Waals surface area contributed by atoms with Crippen LogP contribution in [0.25, 0.3) is 0 Å². The summed E-state index contributed by atoms with van der Waals surface area (Å²) < 4.78 is 23.7. The number of halogens is 1. The van der Waals surface area contributed by atoms with Crippen molar-refractivity contribution in [3.63, 3.8) is 0 Å². The Morgan fingerprint density at radius 3 is 2.84 bits per heavy atom. The second-order valence-corrected chi connectivity index (χ2v) is 3.91. The van der Waals surface area contributed by atoms with Crippen molar-refractivity contribution in [1.29, 1.82) is 0 Å². The molecule has 0 radical (unpaired) electrons. The molecule has 0 unspecified atom stereocenters. The fraction of sp³-hybridized carbons (Fsp3) is 0.214. The van der Waals surface area contributed by atoms with Crippen molar-refractivity contribution in [2.24, 2.45) is 0 Å². The molecule has 0 bridgehead atoms. The highest BCUT2D eigenvalue weighted by Crippen LogP contribution is 2.18. The zero-order chi connectivity index (χ0) is 13.7. The van der Waals surface area contributed by atoms with E-state index in [2.05, 4.69) is 4.98 Å². The molecule has 0 aliphatic carbocycles. The van der Waals surface area contributed by atoms with Gasteiger partial charge in [-0.05, 0) is 23.8 Å². The number of rotatable bonds is 5. The van der Waals surface area contributed by atoms with Crippen molar-refractivity contribution < 1.29 is 19.0 Å². The monoisotopic (exact) mass is 263 g/mol. The third kappa shape index (κ3) is 3.66. The Kier molecular flexibility index (Phi) is 4.30. The second kappa shape index (κ2) is 6.15. The molecule has 0 saturated heterocycles. The number of methoxy groups -OCH3 is 1. The molecule has 5 heteroatoms. The van der Waals surface area contributed by atoms with Crippen LogP contribution in [0.4, 0.5) is 4.39 Å². The van der Waals surface area contributed by atoms with Crippen LogP contribution >= 0.6 is 0 Å². The van der Waals surface area contributed by atoms with Crippen LogP contribution in [0.2, 0.25) is 0 Å². The molecule has 2 rings (SSSR count). The molecule has 0 fully saturated rings. The number of aliphatic hydroxyl groups is 1. The van der Waals surface area contributed by atoms with Gasteiger partial charge in [0, 0.05) is 12.1 Å². The van der Waals surface area contributed by atoms with E-state index in [1.54, 1.807) is 24.3 Å². The molecule has 0 amide bonds. The lowest BCUT2D eigenvalue weighted by molar-refractivity contribution is 0.275. The first-order valence-corrected chi connectivity index (χ1v) is 5.74. The molecule has 0 spiro atoms. The molecule has 19 heavy (non-hydrogen) atoms. The van der Waals surface area contributed by atoms with Crippen molar-refractivity contribution in [1.82, 2.24) is 4.98 Å². The predicted octanol–water partition coefficient (Wildman–Crippen LogP) is 2.30. The average molecular weight is 263 g/mol. The third-order valence-electron chi connectivity index (χ3n) is 2.49. The Bertz CT molecular complexity index is 560. The SMILES string of the molecule is COc1cccc(COc2cc(F)cc(CO)c2)n1. The zero-order valence-corrected chi connectivity index (χ0v) is 10.5. The highest BCUT2D eigenvalue weighted by atomic mass is 19.1. The van der Waals surface area contributed by atoms with E-state index in [1.165, 1.54) is 19.2 Å². The van der Waals surface area contributed by atoms with Crippen LogP contribution in [0.15, 0.2) is 36.4 Å². The Hall–Kier alpha value is -2.14. The van der Waals surface area contributed by atoms with Crippen LogP contribution in [0.3, 0.4) is 0 Å². The first-order valence-electron chi connectivity index (χ1n) is 5.74. The Morgan fingerprint density at radius 1 is 1.26 bits per heavy atom. The van der Waals surface area contributed by atoms with E-state index in [9.17, 15) is 4.39 Å². The number of nitrogens with zero attached hydrogens (tertiary/aromatic N) is 1. The van der Waals surface area contributed by atoms with E-state index in [1.807, 2.05) is 0 Å². The average Bonchev–Trinajstić information content (AvgIpc) is 2.44. The lowest BCUT2D eigenvalue weighted by Gasteiger charge is -2.08. The maximum Gasteiger partial charge on any atom is 0.213 e. The fourth-order valence-electron chi connectivity index (χ4n) is 1.60. The second-order valence-electron chi connectivity index (χ2n) is 3.91. The zero-order valence-electron chi connectivity index (χ0n) is 10.5. The minimum absolute atomic E-state index is 0.200. The molecule has 1 aromatic carbocycles. The smallest absolute Gasteiger partial charge is 0.213 e. The van der Waals surface area contributed by atoms with Crippen LogP contribution in [-0.2, 0) is 13.2 Å². The number of pyridine rings is 1. The number of ether oxygens (including phenoxy) is 2. The summed E-state index contributed by atoms with van der Waals surface area (Å²) in [6.07, 6.45) is 0. The molecular weight excluding hydrogens is 249 g/mol. The van der Waals surface area contributed by atoms with E-state index in [4.69, 9.17) is 14.6 Å². The topological polar surface area (TPSA) is 51.6 Å². The van der Waals surface area contributed by atoms with Gasteiger partial charge < -0.3 is 14.6 Å². The van der Waals surface area contributed by atoms with Gasteiger partial charge in [-0.1, -0.05) is 6.07 Å². The van der Waals surface area contributed by atoms with E-state index >= 15 is 0 Å². The Balaban J connectivity index is 2.07. The number of aromatic nitrogens is 1. The summed E-state index contributed by atoms with van der Waals surface area (Å²) in [5.41, 5.74) is 1.14. The summed E-state index contributed by atoms with van der Waals surface area (Å²) in [4.78, 5) is 4.18. The van der Waals surface area contributed by atoms with Crippen molar-refractivity contribution >= 4 is 0 Å². The van der Waals surface area contributed by atoms with Gasteiger partial charge in [0.05, 0.1) is 19.4 Å². The molecule has 1 heterocycles. The first kappa shape index (κ1) is 13.3. The van der Waals surface area contributed by atoms with Gasteiger partial charge in [0.15, 0.2) is 0 Å². The normalized spacial score (nSPS) is 10.3. The van der Waals surface area contributed by atoms with Crippen LogP contribution in [0.1, 0.15) is 11.3 Å². The molecule has 4 nitrogen and oxygen atoms in total. The van der Waals surface area contributed by atoms with Crippen LogP contribution in [0.5, 0.6) is 11.6 Å². The maximum absolute atomic E-state index is 13.2. The summed E-state index contributed by atoms with van der Waals surface area (Å²) in [5, 5.41) is 8.99. The molecule has 0 saturated carbocycles. The van der Waals surface area contributed by atoms with Gasteiger partial charge in [0.25, 0.3) is 0 Å². The summed E-state index contributed by atoms with van der Waals surface area (Å²) in [5.74, 6) is 0.408. The number of benzene rings is 1. The number of hydrogen-bond donors (Lipinski definition) is 1. The van der Waals surface area contributed by atoms with Crippen LogP contribution < -0.4 is 9.47 Å². The van der Waals surface area contributed by atoms with Crippen molar-refractivity contribution in [3.05, 3.63) is 53.5 Å². The van der Waals surface area contributed by atoms with E-state index in [0.717, 1.165) is 0 Å².